The quantitative estimate of drug-likeness (QED) is 0.234. The molecule has 2 atom stereocenters. The van der Waals surface area contributed by atoms with Crippen molar-refractivity contribution in [2.45, 2.75) is 50.4 Å². The number of hydrogen-bond acceptors (Lipinski definition) is 3. The van der Waals surface area contributed by atoms with Crippen LogP contribution in [0.3, 0.4) is 0 Å². The third-order valence-corrected chi connectivity index (χ3v) is 7.01. The van der Waals surface area contributed by atoms with E-state index in [4.69, 9.17) is 4.74 Å². The summed E-state index contributed by atoms with van der Waals surface area (Å²) in [6.07, 6.45) is -4.77. The van der Waals surface area contributed by atoms with Crippen LogP contribution in [0.2, 0.25) is 0 Å². The molecule has 1 aromatic heterocycles. The van der Waals surface area contributed by atoms with E-state index in [1.165, 1.54) is 41.4 Å². The van der Waals surface area contributed by atoms with Gasteiger partial charge in [-0.15, -0.1) is 0 Å². The van der Waals surface area contributed by atoms with Crippen LogP contribution in [0.5, 0.6) is 0 Å². The Kier molecular flexibility index (Phi) is 7.90. The van der Waals surface area contributed by atoms with Gasteiger partial charge in [-0.25, -0.2) is 4.98 Å². The van der Waals surface area contributed by atoms with E-state index in [-0.39, 0.29) is 40.9 Å². The summed E-state index contributed by atoms with van der Waals surface area (Å²) in [5.41, 5.74) is -1.14. The van der Waals surface area contributed by atoms with Crippen molar-refractivity contribution in [3.63, 3.8) is 0 Å². The number of aromatic nitrogens is 2. The molecule has 0 unspecified atom stereocenters. The first kappa shape index (κ1) is 28.4. The number of amides is 1. The maximum Gasteiger partial charge on any atom is 0.416 e. The van der Waals surface area contributed by atoms with Crippen LogP contribution >= 0.6 is 0 Å². The van der Waals surface area contributed by atoms with Gasteiger partial charge >= 0.3 is 12.4 Å². The molecule has 0 bridgehead atoms. The lowest BCUT2D eigenvalue weighted by molar-refractivity contribution is -0.143. The zero-order valence-electron chi connectivity index (χ0n) is 21.5. The van der Waals surface area contributed by atoms with E-state index >= 15 is 0 Å². The number of halogens is 6. The molecule has 3 aromatic carbocycles. The highest BCUT2D eigenvalue weighted by molar-refractivity contribution is 5.93. The Hall–Kier alpha value is -4.12. The molecule has 11 heteroatoms. The van der Waals surface area contributed by atoms with Crippen molar-refractivity contribution in [3.05, 3.63) is 108 Å². The molecule has 1 aliphatic rings. The lowest BCUT2D eigenvalue weighted by Gasteiger charge is -2.22. The fourth-order valence-corrected chi connectivity index (χ4v) is 4.92. The highest BCUT2D eigenvalue weighted by Gasteiger charge is 2.37. The molecular weight excluding hydrogens is 548 g/mol. The van der Waals surface area contributed by atoms with Crippen LogP contribution in [-0.2, 0) is 23.7 Å². The van der Waals surface area contributed by atoms with E-state index < -0.39 is 23.5 Å². The van der Waals surface area contributed by atoms with Crippen LogP contribution in [-0.4, -0.2) is 27.6 Å². The standard InChI is InChI=1S/C30H25F6N3O2/c31-29(32,33)22-13-21(14-23(15-22)30(34,35)36)20-9-11-24(12-10-20)39-18-37-16-26(39)28(40)38-25-7-4-8-27(25)41-17-19-5-2-1-3-6-19/h1-3,5-6,9-16,18,25,27H,4,7-8,17H2,(H,38,40)/t25-,27-/m1/s1. The summed E-state index contributed by atoms with van der Waals surface area (Å²) in [7, 11) is 0. The number of carbonyl (C=O) groups is 1. The van der Waals surface area contributed by atoms with Gasteiger partial charge in [-0.3, -0.25) is 9.36 Å². The van der Waals surface area contributed by atoms with Crippen molar-refractivity contribution in [3.8, 4) is 16.8 Å². The Morgan fingerprint density at radius 3 is 2.17 bits per heavy atom. The van der Waals surface area contributed by atoms with Gasteiger partial charge in [0.25, 0.3) is 5.91 Å². The predicted molar refractivity (Wildman–Crippen MR) is 139 cm³/mol. The average Bonchev–Trinajstić information content (AvgIpc) is 3.61. The first-order chi connectivity index (χ1) is 19.5. The number of alkyl halides is 6. The van der Waals surface area contributed by atoms with Gasteiger partial charge in [-0.05, 0) is 66.3 Å². The minimum absolute atomic E-state index is 0.0931. The largest absolute Gasteiger partial charge is 0.416 e. The molecule has 5 nitrogen and oxygen atoms in total. The van der Waals surface area contributed by atoms with Gasteiger partial charge in [-0.1, -0.05) is 42.5 Å². The predicted octanol–water partition coefficient (Wildman–Crippen LogP) is 7.44. The summed E-state index contributed by atoms with van der Waals surface area (Å²) in [5, 5.41) is 3.02. The van der Waals surface area contributed by atoms with Crippen molar-refractivity contribution in [1.29, 1.82) is 0 Å². The molecule has 41 heavy (non-hydrogen) atoms. The molecule has 1 saturated carbocycles. The Labute approximate surface area is 231 Å². The molecule has 1 heterocycles. The number of carbonyl (C=O) groups excluding carboxylic acids is 1. The van der Waals surface area contributed by atoms with Crippen LogP contribution in [0.1, 0.15) is 46.4 Å². The molecule has 5 rings (SSSR count). The lowest BCUT2D eigenvalue weighted by atomic mass is 9.99. The van der Waals surface area contributed by atoms with Crippen molar-refractivity contribution in [2.24, 2.45) is 0 Å². The van der Waals surface area contributed by atoms with Gasteiger partial charge < -0.3 is 10.1 Å². The number of ether oxygens (including phenoxy) is 1. The molecule has 4 aromatic rings. The first-order valence-electron chi connectivity index (χ1n) is 12.9. The molecule has 1 aliphatic carbocycles. The van der Waals surface area contributed by atoms with Crippen LogP contribution in [0.15, 0.2) is 85.3 Å². The monoisotopic (exact) mass is 573 g/mol. The molecule has 0 aliphatic heterocycles. The Morgan fingerprint density at radius 1 is 0.878 bits per heavy atom. The van der Waals surface area contributed by atoms with Gasteiger partial charge in [0.1, 0.15) is 5.69 Å². The SMILES string of the molecule is O=C(N[C@@H]1CCC[C@H]1OCc1ccccc1)c1cncn1-c1ccc(-c2cc(C(F)(F)F)cc(C(F)(F)F)c2)cc1. The van der Waals surface area contributed by atoms with E-state index in [2.05, 4.69) is 10.3 Å². The Bertz CT molecular complexity index is 1470. The molecule has 214 valence electrons. The zero-order valence-corrected chi connectivity index (χ0v) is 21.5. The maximum absolute atomic E-state index is 13.3. The summed E-state index contributed by atoms with van der Waals surface area (Å²) < 4.78 is 87.3. The molecule has 1 amide bonds. The molecule has 0 spiro atoms. The smallest absolute Gasteiger partial charge is 0.371 e. The van der Waals surface area contributed by atoms with Gasteiger partial charge in [0.2, 0.25) is 0 Å². The number of imidazole rings is 1. The van der Waals surface area contributed by atoms with E-state index in [0.717, 1.165) is 24.8 Å². The van der Waals surface area contributed by atoms with Crippen molar-refractivity contribution in [1.82, 2.24) is 14.9 Å². The van der Waals surface area contributed by atoms with Crippen LogP contribution < -0.4 is 5.32 Å². The number of nitrogens with zero attached hydrogens (tertiary/aromatic N) is 2. The van der Waals surface area contributed by atoms with Crippen LogP contribution in [0.4, 0.5) is 26.3 Å². The average molecular weight is 574 g/mol. The maximum atomic E-state index is 13.3. The van der Waals surface area contributed by atoms with Gasteiger partial charge in [0, 0.05) is 5.69 Å². The third-order valence-electron chi connectivity index (χ3n) is 7.01. The normalized spacial score (nSPS) is 17.5. The van der Waals surface area contributed by atoms with Crippen molar-refractivity contribution in [2.75, 3.05) is 0 Å². The molecular formula is C30H25F6N3O2. The topological polar surface area (TPSA) is 56.1 Å². The summed E-state index contributed by atoms with van der Waals surface area (Å²) in [4.78, 5) is 17.3. The van der Waals surface area contributed by atoms with Crippen molar-refractivity contribution < 1.29 is 35.9 Å². The second-order valence-corrected chi connectivity index (χ2v) is 9.84. The van der Waals surface area contributed by atoms with Crippen LogP contribution in [0.25, 0.3) is 16.8 Å². The van der Waals surface area contributed by atoms with Crippen LogP contribution in [0, 0.1) is 0 Å². The number of hydrogen-bond donors (Lipinski definition) is 1. The van der Waals surface area contributed by atoms with Gasteiger partial charge in [-0.2, -0.15) is 26.3 Å². The second-order valence-electron chi connectivity index (χ2n) is 9.84. The number of benzene rings is 3. The summed E-state index contributed by atoms with van der Waals surface area (Å²) in [6, 6.07) is 16.8. The first-order valence-corrected chi connectivity index (χ1v) is 12.9. The van der Waals surface area contributed by atoms with E-state index in [1.54, 1.807) is 0 Å². The van der Waals surface area contributed by atoms with Gasteiger partial charge in [0.05, 0.1) is 42.4 Å². The molecule has 0 saturated heterocycles. The highest BCUT2D eigenvalue weighted by Crippen LogP contribution is 2.38. The van der Waals surface area contributed by atoms with E-state index in [9.17, 15) is 31.1 Å². The fraction of sp³-hybridized carbons (Fsp3) is 0.267. The van der Waals surface area contributed by atoms with Gasteiger partial charge in [0.15, 0.2) is 0 Å². The Morgan fingerprint density at radius 2 is 1.54 bits per heavy atom. The minimum atomic E-state index is -4.94. The highest BCUT2D eigenvalue weighted by atomic mass is 19.4. The summed E-state index contributed by atoms with van der Waals surface area (Å²) in [5.74, 6) is -0.375. The minimum Gasteiger partial charge on any atom is -0.371 e. The van der Waals surface area contributed by atoms with E-state index in [1.807, 2.05) is 30.3 Å². The summed E-state index contributed by atoms with van der Waals surface area (Å²) >= 11 is 0. The Balaban J connectivity index is 1.32. The molecule has 0 radical (unpaired) electrons. The third kappa shape index (κ3) is 6.62. The van der Waals surface area contributed by atoms with Crippen molar-refractivity contribution >= 4 is 5.91 Å². The number of rotatable bonds is 7. The lowest BCUT2D eigenvalue weighted by Crippen LogP contribution is -2.41. The second kappa shape index (κ2) is 11.4. The molecule has 1 N–H and O–H groups in total. The summed E-state index contributed by atoms with van der Waals surface area (Å²) in [6.45, 7) is 0.429. The zero-order chi connectivity index (χ0) is 29.2. The number of nitrogens with one attached hydrogen (secondary N) is 1. The fourth-order valence-electron chi connectivity index (χ4n) is 4.92. The molecule has 1 fully saturated rings. The van der Waals surface area contributed by atoms with E-state index in [0.29, 0.717) is 24.4 Å².